The molecule has 3 aliphatic rings. The first-order chi connectivity index (χ1) is 38.5. The van der Waals surface area contributed by atoms with E-state index in [0.29, 0.717) is 5.56 Å². The number of hydrogen-bond acceptors (Lipinski definition) is 19. The summed E-state index contributed by atoms with van der Waals surface area (Å²) in [7, 11) is 0. The van der Waals surface area contributed by atoms with Crippen LogP contribution in [0.2, 0.25) is 0 Å². The summed E-state index contributed by atoms with van der Waals surface area (Å²) >= 11 is 0. The zero-order chi connectivity index (χ0) is 57.1. The van der Waals surface area contributed by atoms with Gasteiger partial charge in [0.2, 0.25) is 17.7 Å². The molecule has 7 rings (SSSR count). The second-order valence-corrected chi connectivity index (χ2v) is 19.5. The summed E-state index contributed by atoms with van der Waals surface area (Å²) < 4.78 is 77.0. The minimum atomic E-state index is -1.65. The quantitative estimate of drug-likeness (QED) is 0.0547. The third-order valence-electron chi connectivity index (χ3n) is 13.1. The maximum atomic E-state index is 13.7. The number of ether oxygens (including phenoxy) is 12. The molecule has 0 aliphatic carbocycles. The van der Waals surface area contributed by atoms with Crippen molar-refractivity contribution in [2.75, 3.05) is 19.8 Å². The second-order valence-electron chi connectivity index (χ2n) is 19.5. The molecule has 0 bridgehead atoms. The Morgan fingerprint density at radius 3 is 1.16 bits per heavy atom. The molecule has 22 nitrogen and oxygen atoms in total. The SMILES string of the molecule is CC(=O)N[C@@H]1[C@@H](OCc2ccccc2)[C@@H](O[C@@H]2O[C@H](COCc3ccccc3)[C@H](O[C@@H]3O[C@H](COC(C)=O)[C@H](OC(C)=O)[C@H](OC(C)=O)[C@H]3NC(C)=O)[C@H](OCc3ccccc3)[C@H]2NC(C)=O)[C@@H](COCc2ccccc2)O[C@H]1O. The number of carbonyl (C=O) groups is 6. The van der Waals surface area contributed by atoms with Gasteiger partial charge in [0.15, 0.2) is 31.1 Å². The number of aliphatic hydroxyl groups is 1. The Morgan fingerprint density at radius 2 is 0.762 bits per heavy atom. The van der Waals surface area contributed by atoms with E-state index in [1.807, 2.05) is 121 Å². The molecule has 3 saturated heterocycles. The monoisotopic (exact) mass is 1110 g/mol. The molecule has 0 aromatic heterocycles. The maximum Gasteiger partial charge on any atom is 0.303 e. The van der Waals surface area contributed by atoms with Gasteiger partial charge in [0.1, 0.15) is 67.5 Å². The van der Waals surface area contributed by atoms with Crippen LogP contribution in [0.15, 0.2) is 121 Å². The lowest BCUT2D eigenvalue weighted by atomic mass is 9.93. The highest BCUT2D eigenvalue weighted by molar-refractivity contribution is 5.74. The van der Waals surface area contributed by atoms with E-state index in [4.69, 9.17) is 56.8 Å². The van der Waals surface area contributed by atoms with Gasteiger partial charge < -0.3 is 77.9 Å². The molecule has 0 saturated carbocycles. The van der Waals surface area contributed by atoms with Crippen molar-refractivity contribution in [2.45, 2.75) is 160 Å². The van der Waals surface area contributed by atoms with Crippen molar-refractivity contribution < 1.29 is 90.7 Å². The van der Waals surface area contributed by atoms with Crippen LogP contribution in [0, 0.1) is 0 Å². The number of amides is 3. The van der Waals surface area contributed by atoms with Crippen LogP contribution in [0.5, 0.6) is 0 Å². The van der Waals surface area contributed by atoms with Crippen LogP contribution in [0.3, 0.4) is 0 Å². The van der Waals surface area contributed by atoms with Gasteiger partial charge in [-0.2, -0.15) is 0 Å². The van der Waals surface area contributed by atoms with Crippen molar-refractivity contribution in [1.82, 2.24) is 16.0 Å². The highest BCUT2D eigenvalue weighted by atomic mass is 16.8. The van der Waals surface area contributed by atoms with E-state index in [1.54, 1.807) is 0 Å². The molecule has 432 valence electrons. The van der Waals surface area contributed by atoms with Crippen molar-refractivity contribution in [3.63, 3.8) is 0 Å². The molecule has 4 aromatic carbocycles. The molecule has 0 spiro atoms. The Labute approximate surface area is 464 Å². The molecule has 4 aromatic rings. The number of carbonyl (C=O) groups excluding carboxylic acids is 6. The average molecular weight is 1110 g/mol. The van der Waals surface area contributed by atoms with Crippen LogP contribution < -0.4 is 16.0 Å². The van der Waals surface area contributed by atoms with Crippen LogP contribution in [0.1, 0.15) is 63.8 Å². The Balaban J connectivity index is 1.35. The second kappa shape index (κ2) is 30.2. The third-order valence-corrected chi connectivity index (χ3v) is 13.1. The molecule has 3 heterocycles. The first kappa shape index (κ1) is 60.9. The summed E-state index contributed by atoms with van der Waals surface area (Å²) in [5.74, 6) is -4.04. The molecule has 3 fully saturated rings. The fourth-order valence-corrected chi connectivity index (χ4v) is 9.69. The van der Waals surface area contributed by atoms with Gasteiger partial charge in [0, 0.05) is 41.5 Å². The van der Waals surface area contributed by atoms with Gasteiger partial charge in [0.05, 0.1) is 39.6 Å². The molecule has 15 atom stereocenters. The van der Waals surface area contributed by atoms with Gasteiger partial charge in [-0.1, -0.05) is 121 Å². The fraction of sp³-hybridized carbons (Fsp3) is 0.483. The minimum absolute atomic E-state index is 0.0109. The lowest BCUT2D eigenvalue weighted by Crippen LogP contribution is -2.71. The summed E-state index contributed by atoms with van der Waals surface area (Å²) in [6.07, 6.45) is -16.6. The van der Waals surface area contributed by atoms with E-state index in [1.165, 1.54) is 20.8 Å². The first-order valence-electron chi connectivity index (χ1n) is 26.3. The van der Waals surface area contributed by atoms with Gasteiger partial charge >= 0.3 is 17.9 Å². The standard InChI is InChI=1S/C58H71N3O19/c1-34(62)59-47-53(72-29-42-23-15-9-16-24-42)50(44(76-56(47)68)31-69-27-40-19-11-7-12-20-40)79-57-48(60-35(2)63)54(73-30-43-25-17-10-18-26-43)51(45(77-57)32-70-28-41-21-13-8-14-22-41)80-58-49(61-36(3)64)55(75-39(6)67)52(74-38(5)66)46(78-58)33-71-37(4)65/h7-26,44-58,68H,27-33H2,1-6H3,(H,59,62)(H,60,63)(H,61,64)/t44-,45-,46-,47-,48-,49-,50+,51+,52+,53-,54-,55-,56-,57+,58+/m1/s1. The van der Waals surface area contributed by atoms with Crippen molar-refractivity contribution in [1.29, 1.82) is 0 Å². The number of rotatable bonds is 25. The molecule has 0 unspecified atom stereocenters. The third kappa shape index (κ3) is 17.9. The molecular weight excluding hydrogens is 1040 g/mol. The van der Waals surface area contributed by atoms with Gasteiger partial charge in [-0.3, -0.25) is 28.8 Å². The van der Waals surface area contributed by atoms with Crippen LogP contribution in [-0.4, -0.2) is 152 Å². The lowest BCUT2D eigenvalue weighted by Gasteiger charge is -2.51. The largest absolute Gasteiger partial charge is 0.463 e. The van der Waals surface area contributed by atoms with Crippen LogP contribution in [0.4, 0.5) is 0 Å². The Bertz CT molecular complexity index is 2600. The summed E-state index contributed by atoms with van der Waals surface area (Å²) in [6.45, 7) is 6.33. The van der Waals surface area contributed by atoms with Gasteiger partial charge in [-0.25, -0.2) is 0 Å². The summed E-state index contributed by atoms with van der Waals surface area (Å²) in [6, 6.07) is 33.0. The normalized spacial score (nSPS) is 28.4. The van der Waals surface area contributed by atoms with Gasteiger partial charge in [0.25, 0.3) is 0 Å². The highest BCUT2D eigenvalue weighted by Gasteiger charge is 2.57. The van der Waals surface area contributed by atoms with Crippen molar-refractivity contribution in [3.8, 4) is 0 Å². The molecule has 0 radical (unpaired) electrons. The smallest absolute Gasteiger partial charge is 0.303 e. The van der Waals surface area contributed by atoms with E-state index in [2.05, 4.69) is 16.0 Å². The van der Waals surface area contributed by atoms with E-state index in [0.717, 1.165) is 37.5 Å². The van der Waals surface area contributed by atoms with Crippen LogP contribution in [-0.2, 0) is 112 Å². The number of aliphatic hydroxyl groups excluding tert-OH is 1. The Morgan fingerprint density at radius 1 is 0.412 bits per heavy atom. The zero-order valence-electron chi connectivity index (χ0n) is 45.5. The molecule has 4 N–H and O–H groups in total. The number of benzene rings is 4. The molecule has 22 heteroatoms. The van der Waals surface area contributed by atoms with Gasteiger partial charge in [-0.15, -0.1) is 0 Å². The molecule has 80 heavy (non-hydrogen) atoms. The predicted octanol–water partition coefficient (Wildman–Crippen LogP) is 3.47. The topological polar surface area (TPSA) is 270 Å². The van der Waals surface area contributed by atoms with E-state index in [9.17, 15) is 33.9 Å². The van der Waals surface area contributed by atoms with E-state index >= 15 is 0 Å². The van der Waals surface area contributed by atoms with E-state index in [-0.39, 0.29) is 39.6 Å². The van der Waals surface area contributed by atoms with Crippen LogP contribution in [0.25, 0.3) is 0 Å². The van der Waals surface area contributed by atoms with Crippen molar-refractivity contribution in [3.05, 3.63) is 144 Å². The Hall–Kier alpha value is -6.70. The number of nitrogens with one attached hydrogen (secondary N) is 3. The number of esters is 3. The Kier molecular flexibility index (Phi) is 23.0. The van der Waals surface area contributed by atoms with Crippen LogP contribution >= 0.6 is 0 Å². The van der Waals surface area contributed by atoms with Crippen molar-refractivity contribution in [2.24, 2.45) is 0 Å². The van der Waals surface area contributed by atoms with Gasteiger partial charge in [-0.05, 0) is 22.3 Å². The summed E-state index contributed by atoms with van der Waals surface area (Å²) in [4.78, 5) is 77.6. The highest BCUT2D eigenvalue weighted by Crippen LogP contribution is 2.37. The van der Waals surface area contributed by atoms with Crippen molar-refractivity contribution >= 4 is 35.6 Å². The van der Waals surface area contributed by atoms with E-state index < -0.39 is 134 Å². The zero-order valence-corrected chi connectivity index (χ0v) is 45.5. The minimum Gasteiger partial charge on any atom is -0.463 e. The predicted molar refractivity (Wildman–Crippen MR) is 281 cm³/mol. The maximum absolute atomic E-state index is 13.7. The average Bonchev–Trinajstić information content (AvgIpc) is 3.57. The first-order valence-corrected chi connectivity index (χ1v) is 26.3. The number of hydrogen-bond donors (Lipinski definition) is 4. The molecule has 3 aliphatic heterocycles. The summed E-state index contributed by atoms with van der Waals surface area (Å²) in [5.41, 5.74) is 3.11. The fourth-order valence-electron chi connectivity index (χ4n) is 9.69. The lowest BCUT2D eigenvalue weighted by molar-refractivity contribution is -0.359. The summed E-state index contributed by atoms with van der Waals surface area (Å²) in [5, 5.41) is 20.2. The molecule has 3 amide bonds. The molecular formula is C58H71N3O19.